The molecule has 1 saturated heterocycles. The van der Waals surface area contributed by atoms with Gasteiger partial charge in [0.1, 0.15) is 0 Å². The van der Waals surface area contributed by atoms with Crippen molar-refractivity contribution >= 4 is 27.3 Å². The van der Waals surface area contributed by atoms with E-state index < -0.39 is 0 Å². The molecule has 0 radical (unpaired) electrons. The number of nitrogens with one attached hydrogen (secondary N) is 1. The molecule has 1 amide bonds. The lowest BCUT2D eigenvalue weighted by molar-refractivity contribution is 0.0947. The van der Waals surface area contributed by atoms with Crippen LogP contribution < -0.4 is 5.32 Å². The summed E-state index contributed by atoms with van der Waals surface area (Å²) in [6, 6.07) is 14.3. The largest absolute Gasteiger partial charge is 0.395 e. The van der Waals surface area contributed by atoms with Gasteiger partial charge >= 0.3 is 0 Å². The zero-order chi connectivity index (χ0) is 18.6. The van der Waals surface area contributed by atoms with Crippen molar-refractivity contribution in [2.45, 2.75) is 18.9 Å². The molecule has 0 saturated carbocycles. The number of amides is 1. The molecule has 27 heavy (non-hydrogen) atoms. The van der Waals surface area contributed by atoms with Crippen LogP contribution in [0.3, 0.4) is 0 Å². The molecule has 0 aliphatic carbocycles. The molecule has 6 heteroatoms. The van der Waals surface area contributed by atoms with Crippen molar-refractivity contribution in [3.63, 3.8) is 0 Å². The number of likely N-dealkylation sites (tertiary alicyclic amines) is 1. The SMILES string of the molecule is O=C(NCCO)c1sc2ccccc2c1[C@@H]1CCN(Cc2ccccn2)C1. The molecule has 3 aromatic rings. The van der Waals surface area contributed by atoms with E-state index in [-0.39, 0.29) is 19.1 Å². The second-order valence-corrected chi connectivity index (χ2v) is 7.91. The predicted octanol–water partition coefficient (Wildman–Crippen LogP) is 3.01. The third kappa shape index (κ3) is 3.88. The first-order valence-electron chi connectivity index (χ1n) is 9.29. The van der Waals surface area contributed by atoms with Crippen molar-refractivity contribution in [2.75, 3.05) is 26.2 Å². The van der Waals surface area contributed by atoms with Gasteiger partial charge in [0, 0.05) is 36.4 Å². The normalized spacial score (nSPS) is 17.4. The molecule has 0 unspecified atom stereocenters. The van der Waals surface area contributed by atoms with E-state index >= 15 is 0 Å². The maximum atomic E-state index is 12.7. The van der Waals surface area contributed by atoms with Gasteiger partial charge < -0.3 is 10.4 Å². The molecule has 3 heterocycles. The Kier molecular flexibility index (Phi) is 5.48. The summed E-state index contributed by atoms with van der Waals surface area (Å²) in [5.41, 5.74) is 2.24. The van der Waals surface area contributed by atoms with Crippen molar-refractivity contribution < 1.29 is 9.90 Å². The van der Waals surface area contributed by atoms with Crippen molar-refractivity contribution in [1.82, 2.24) is 15.2 Å². The molecule has 2 N–H and O–H groups in total. The molecule has 0 spiro atoms. The van der Waals surface area contributed by atoms with E-state index in [1.54, 1.807) is 11.3 Å². The standard InChI is InChI=1S/C21H23N3O2S/c25-12-10-23-21(26)20-19(17-6-1-2-7-18(17)27-20)15-8-11-24(13-15)14-16-5-3-4-9-22-16/h1-7,9,15,25H,8,10-14H2,(H,23,26)/t15-/m1/s1. The topological polar surface area (TPSA) is 65.5 Å². The fourth-order valence-corrected chi connectivity index (χ4v) is 5.03. The summed E-state index contributed by atoms with van der Waals surface area (Å²) in [6.45, 7) is 3.00. The van der Waals surface area contributed by atoms with Gasteiger partial charge in [-0.3, -0.25) is 14.7 Å². The lowest BCUT2D eigenvalue weighted by atomic mass is 9.95. The summed E-state index contributed by atoms with van der Waals surface area (Å²) in [7, 11) is 0. The summed E-state index contributed by atoms with van der Waals surface area (Å²) in [5.74, 6) is 0.253. The van der Waals surface area contributed by atoms with Crippen LogP contribution in [0.4, 0.5) is 0 Å². The zero-order valence-corrected chi connectivity index (χ0v) is 15.9. The van der Waals surface area contributed by atoms with Crippen LogP contribution >= 0.6 is 11.3 Å². The van der Waals surface area contributed by atoms with E-state index in [4.69, 9.17) is 5.11 Å². The van der Waals surface area contributed by atoms with Gasteiger partial charge in [0.25, 0.3) is 5.91 Å². The number of fused-ring (bicyclic) bond motifs is 1. The number of thiophene rings is 1. The van der Waals surface area contributed by atoms with Gasteiger partial charge in [-0.2, -0.15) is 0 Å². The van der Waals surface area contributed by atoms with E-state index in [9.17, 15) is 4.79 Å². The summed E-state index contributed by atoms with van der Waals surface area (Å²) in [6.07, 6.45) is 2.87. The zero-order valence-electron chi connectivity index (χ0n) is 15.1. The second kappa shape index (κ2) is 8.17. The molecular formula is C21H23N3O2S. The van der Waals surface area contributed by atoms with Gasteiger partial charge in [-0.25, -0.2) is 0 Å². The van der Waals surface area contributed by atoms with Gasteiger partial charge in [-0.1, -0.05) is 24.3 Å². The van der Waals surface area contributed by atoms with Crippen LogP contribution in [0, 0.1) is 0 Å². The Labute approximate surface area is 162 Å². The van der Waals surface area contributed by atoms with Crippen LogP contribution in [-0.2, 0) is 6.54 Å². The maximum Gasteiger partial charge on any atom is 0.261 e. The number of hydrogen-bond acceptors (Lipinski definition) is 5. The average molecular weight is 382 g/mol. The fraction of sp³-hybridized carbons (Fsp3) is 0.333. The van der Waals surface area contributed by atoms with Crippen LogP contribution in [0.2, 0.25) is 0 Å². The van der Waals surface area contributed by atoms with Crippen molar-refractivity contribution in [3.8, 4) is 0 Å². The minimum atomic E-state index is -0.0802. The highest BCUT2D eigenvalue weighted by atomic mass is 32.1. The van der Waals surface area contributed by atoms with Crippen LogP contribution in [0.25, 0.3) is 10.1 Å². The van der Waals surface area contributed by atoms with Crippen LogP contribution in [0.5, 0.6) is 0 Å². The lowest BCUT2D eigenvalue weighted by Crippen LogP contribution is -2.27. The lowest BCUT2D eigenvalue weighted by Gasteiger charge is -2.16. The number of pyridine rings is 1. The highest BCUT2D eigenvalue weighted by Crippen LogP contribution is 2.40. The number of aliphatic hydroxyl groups is 1. The van der Waals surface area contributed by atoms with Gasteiger partial charge in [0.05, 0.1) is 17.2 Å². The Morgan fingerprint density at radius 1 is 1.26 bits per heavy atom. The second-order valence-electron chi connectivity index (χ2n) is 6.86. The number of benzene rings is 1. The van der Waals surface area contributed by atoms with Crippen LogP contribution in [0.15, 0.2) is 48.7 Å². The molecule has 0 bridgehead atoms. The highest BCUT2D eigenvalue weighted by molar-refractivity contribution is 7.21. The molecule has 1 atom stereocenters. The third-order valence-corrected chi connectivity index (χ3v) is 6.22. The van der Waals surface area contributed by atoms with E-state index in [2.05, 4.69) is 33.4 Å². The van der Waals surface area contributed by atoms with Gasteiger partial charge in [-0.05, 0) is 42.1 Å². The van der Waals surface area contributed by atoms with Gasteiger partial charge in [0.15, 0.2) is 0 Å². The molecule has 1 aliphatic heterocycles. The molecule has 1 aromatic carbocycles. The van der Waals surface area contributed by atoms with E-state index in [1.165, 1.54) is 5.39 Å². The monoisotopic (exact) mass is 381 g/mol. The smallest absolute Gasteiger partial charge is 0.261 e. The Hall–Kier alpha value is -2.28. The first-order chi connectivity index (χ1) is 13.3. The van der Waals surface area contributed by atoms with Crippen LogP contribution in [-0.4, -0.2) is 47.1 Å². The third-order valence-electron chi connectivity index (χ3n) is 5.03. The first kappa shape index (κ1) is 18.1. The number of aromatic nitrogens is 1. The molecule has 2 aromatic heterocycles. The quantitative estimate of drug-likeness (QED) is 0.689. The highest BCUT2D eigenvalue weighted by Gasteiger charge is 2.30. The first-order valence-corrected chi connectivity index (χ1v) is 10.1. The van der Waals surface area contributed by atoms with E-state index in [0.717, 1.165) is 46.9 Å². The molecule has 5 nitrogen and oxygen atoms in total. The number of aliphatic hydroxyl groups excluding tert-OH is 1. The molecule has 4 rings (SSSR count). The number of carbonyl (C=O) groups is 1. The van der Waals surface area contributed by atoms with Crippen molar-refractivity contribution in [1.29, 1.82) is 0 Å². The van der Waals surface area contributed by atoms with Crippen LogP contribution in [0.1, 0.15) is 33.3 Å². The Balaban J connectivity index is 1.60. The molecule has 1 aliphatic rings. The summed E-state index contributed by atoms with van der Waals surface area (Å²) >= 11 is 1.55. The number of hydrogen-bond donors (Lipinski definition) is 2. The Morgan fingerprint density at radius 2 is 2.11 bits per heavy atom. The van der Waals surface area contributed by atoms with E-state index in [1.807, 2.05) is 30.5 Å². The predicted molar refractivity (Wildman–Crippen MR) is 108 cm³/mol. The van der Waals surface area contributed by atoms with Gasteiger partial charge in [0.2, 0.25) is 0 Å². The number of carbonyl (C=O) groups excluding carboxylic acids is 1. The number of nitrogens with zero attached hydrogens (tertiary/aromatic N) is 2. The summed E-state index contributed by atoms with van der Waals surface area (Å²) in [5, 5.41) is 13.0. The maximum absolute atomic E-state index is 12.7. The Morgan fingerprint density at radius 3 is 2.93 bits per heavy atom. The minimum absolute atomic E-state index is 0.0484. The summed E-state index contributed by atoms with van der Waals surface area (Å²) in [4.78, 5) is 20.3. The van der Waals surface area contributed by atoms with Crippen molar-refractivity contribution in [2.24, 2.45) is 0 Å². The minimum Gasteiger partial charge on any atom is -0.395 e. The molecule has 1 fully saturated rings. The average Bonchev–Trinajstić information content (AvgIpc) is 3.31. The summed E-state index contributed by atoms with van der Waals surface area (Å²) < 4.78 is 1.14. The molecular weight excluding hydrogens is 358 g/mol. The molecule has 140 valence electrons. The van der Waals surface area contributed by atoms with Gasteiger partial charge in [-0.15, -0.1) is 11.3 Å². The van der Waals surface area contributed by atoms with Crippen molar-refractivity contribution in [3.05, 3.63) is 64.8 Å². The number of rotatable bonds is 6. The fourth-order valence-electron chi connectivity index (χ4n) is 3.82. The Bertz CT molecular complexity index is 926. The van der Waals surface area contributed by atoms with E-state index in [0.29, 0.717) is 5.92 Å².